The Morgan fingerprint density at radius 1 is 1.31 bits per heavy atom. The summed E-state index contributed by atoms with van der Waals surface area (Å²) in [4.78, 5) is 17.9. The van der Waals surface area contributed by atoms with E-state index in [1.54, 1.807) is 26.1 Å². The van der Waals surface area contributed by atoms with E-state index in [2.05, 4.69) is 15.6 Å². The molecule has 0 bridgehead atoms. The molecule has 1 atom stereocenters. The molecule has 146 valence electrons. The van der Waals surface area contributed by atoms with Crippen LogP contribution in [0.5, 0.6) is 5.75 Å². The van der Waals surface area contributed by atoms with E-state index in [1.807, 2.05) is 24.3 Å². The SMILES string of the molecule is COc1ccc(CN=C(NCC(=O)N(C)C)NCC2CCOC2)cc1.I. The van der Waals surface area contributed by atoms with E-state index in [-0.39, 0.29) is 36.4 Å². The van der Waals surface area contributed by atoms with Gasteiger partial charge in [0.1, 0.15) is 5.75 Å². The van der Waals surface area contributed by atoms with E-state index >= 15 is 0 Å². The lowest BCUT2D eigenvalue weighted by molar-refractivity contribution is -0.127. The highest BCUT2D eigenvalue weighted by atomic mass is 127. The Kier molecular flexibility index (Phi) is 10.3. The van der Waals surface area contributed by atoms with Crippen LogP contribution in [0.1, 0.15) is 12.0 Å². The number of hydrogen-bond acceptors (Lipinski definition) is 4. The molecule has 1 unspecified atom stereocenters. The first-order chi connectivity index (χ1) is 12.1. The van der Waals surface area contributed by atoms with E-state index in [0.29, 0.717) is 18.4 Å². The van der Waals surface area contributed by atoms with E-state index < -0.39 is 0 Å². The number of hydrogen-bond donors (Lipinski definition) is 2. The Hall–Kier alpha value is -1.55. The van der Waals surface area contributed by atoms with E-state index in [1.165, 1.54) is 0 Å². The van der Waals surface area contributed by atoms with E-state index in [9.17, 15) is 4.79 Å². The molecule has 1 aliphatic heterocycles. The second kappa shape index (κ2) is 11.9. The molecule has 1 amide bonds. The third kappa shape index (κ3) is 7.77. The first-order valence-corrected chi connectivity index (χ1v) is 8.51. The van der Waals surface area contributed by atoms with Gasteiger partial charge in [-0.15, -0.1) is 24.0 Å². The van der Waals surface area contributed by atoms with Gasteiger partial charge in [0.05, 0.1) is 26.8 Å². The van der Waals surface area contributed by atoms with Crippen molar-refractivity contribution in [3.63, 3.8) is 0 Å². The molecule has 2 rings (SSSR count). The molecule has 26 heavy (non-hydrogen) atoms. The fourth-order valence-corrected chi connectivity index (χ4v) is 2.38. The summed E-state index contributed by atoms with van der Waals surface area (Å²) in [7, 11) is 5.12. The molecular weight excluding hydrogens is 447 g/mol. The van der Waals surface area contributed by atoms with Crippen molar-refractivity contribution in [3.05, 3.63) is 29.8 Å². The average molecular weight is 476 g/mol. The number of carbonyl (C=O) groups is 1. The van der Waals surface area contributed by atoms with Gasteiger partial charge in [-0.1, -0.05) is 12.1 Å². The number of ether oxygens (including phenoxy) is 2. The highest BCUT2D eigenvalue weighted by Gasteiger charge is 2.16. The van der Waals surface area contributed by atoms with Crippen molar-refractivity contribution >= 4 is 35.8 Å². The molecule has 1 heterocycles. The van der Waals surface area contributed by atoms with Gasteiger partial charge in [0, 0.05) is 33.2 Å². The van der Waals surface area contributed by atoms with Crippen LogP contribution in [-0.4, -0.2) is 64.3 Å². The molecule has 0 aliphatic carbocycles. The zero-order valence-electron chi connectivity index (χ0n) is 15.7. The number of amides is 1. The van der Waals surface area contributed by atoms with Crippen LogP contribution >= 0.6 is 24.0 Å². The molecule has 1 aromatic carbocycles. The summed E-state index contributed by atoms with van der Waals surface area (Å²) in [5.74, 6) is 1.95. The highest BCUT2D eigenvalue weighted by Crippen LogP contribution is 2.12. The maximum atomic E-state index is 11.8. The van der Waals surface area contributed by atoms with Gasteiger partial charge in [-0.3, -0.25) is 4.79 Å². The first-order valence-electron chi connectivity index (χ1n) is 8.51. The van der Waals surface area contributed by atoms with Crippen molar-refractivity contribution in [3.8, 4) is 5.75 Å². The minimum absolute atomic E-state index is 0. The number of halogens is 1. The maximum absolute atomic E-state index is 11.8. The van der Waals surface area contributed by atoms with Crippen LogP contribution in [0, 0.1) is 5.92 Å². The van der Waals surface area contributed by atoms with Gasteiger partial charge in [0.2, 0.25) is 5.91 Å². The molecule has 1 fully saturated rings. The van der Waals surface area contributed by atoms with Crippen molar-refractivity contribution < 1.29 is 14.3 Å². The summed E-state index contributed by atoms with van der Waals surface area (Å²) in [5, 5.41) is 6.41. The summed E-state index contributed by atoms with van der Waals surface area (Å²) in [5.41, 5.74) is 1.07. The monoisotopic (exact) mass is 476 g/mol. The number of rotatable bonds is 7. The van der Waals surface area contributed by atoms with Crippen molar-refractivity contribution in [1.29, 1.82) is 0 Å². The lowest BCUT2D eigenvalue weighted by Crippen LogP contribution is -2.44. The third-order valence-electron chi connectivity index (χ3n) is 4.07. The molecule has 1 saturated heterocycles. The molecule has 7 nitrogen and oxygen atoms in total. The fourth-order valence-electron chi connectivity index (χ4n) is 2.38. The molecule has 8 heteroatoms. The van der Waals surface area contributed by atoms with Crippen LogP contribution in [0.4, 0.5) is 0 Å². The second-order valence-corrected chi connectivity index (χ2v) is 6.27. The number of carbonyl (C=O) groups excluding carboxylic acids is 1. The Bertz CT molecular complexity index is 572. The largest absolute Gasteiger partial charge is 0.497 e. The molecule has 1 aliphatic rings. The number of aliphatic imine (C=N–C) groups is 1. The van der Waals surface area contributed by atoms with Gasteiger partial charge < -0.3 is 25.0 Å². The first kappa shape index (κ1) is 22.5. The number of nitrogens with zero attached hydrogens (tertiary/aromatic N) is 2. The molecule has 0 spiro atoms. The van der Waals surface area contributed by atoms with E-state index in [0.717, 1.165) is 37.5 Å². The van der Waals surface area contributed by atoms with Crippen LogP contribution < -0.4 is 15.4 Å². The quantitative estimate of drug-likeness (QED) is 0.354. The van der Waals surface area contributed by atoms with Gasteiger partial charge in [-0.05, 0) is 24.1 Å². The maximum Gasteiger partial charge on any atom is 0.241 e. The van der Waals surface area contributed by atoms with Gasteiger partial charge in [0.15, 0.2) is 5.96 Å². The van der Waals surface area contributed by atoms with Crippen LogP contribution in [0.3, 0.4) is 0 Å². The number of likely N-dealkylation sites (N-methyl/N-ethyl adjacent to an activating group) is 1. The smallest absolute Gasteiger partial charge is 0.241 e. The van der Waals surface area contributed by atoms with Crippen molar-refractivity contribution in [2.45, 2.75) is 13.0 Å². The van der Waals surface area contributed by atoms with Crippen LogP contribution in [0.2, 0.25) is 0 Å². The summed E-state index contributed by atoms with van der Waals surface area (Å²) in [6.45, 7) is 3.11. The summed E-state index contributed by atoms with van der Waals surface area (Å²) < 4.78 is 10.6. The van der Waals surface area contributed by atoms with Crippen LogP contribution in [-0.2, 0) is 16.1 Å². The Balaban J connectivity index is 0.00000338. The number of nitrogens with one attached hydrogen (secondary N) is 2. The zero-order chi connectivity index (χ0) is 18.1. The van der Waals surface area contributed by atoms with Gasteiger partial charge in [-0.2, -0.15) is 0 Å². The lowest BCUT2D eigenvalue weighted by Gasteiger charge is -2.16. The Morgan fingerprint density at radius 2 is 2.04 bits per heavy atom. The highest BCUT2D eigenvalue weighted by molar-refractivity contribution is 14.0. The lowest BCUT2D eigenvalue weighted by atomic mass is 10.1. The van der Waals surface area contributed by atoms with Crippen LogP contribution in [0.25, 0.3) is 0 Å². The second-order valence-electron chi connectivity index (χ2n) is 6.27. The minimum atomic E-state index is 0. The number of guanidine groups is 1. The number of benzene rings is 1. The van der Waals surface area contributed by atoms with Gasteiger partial charge >= 0.3 is 0 Å². The van der Waals surface area contributed by atoms with Gasteiger partial charge in [-0.25, -0.2) is 4.99 Å². The van der Waals surface area contributed by atoms with Crippen LogP contribution in [0.15, 0.2) is 29.3 Å². The molecule has 2 N–H and O–H groups in total. The number of methoxy groups -OCH3 is 1. The molecule has 1 aromatic rings. The molecule has 0 aromatic heterocycles. The predicted molar refractivity (Wildman–Crippen MR) is 113 cm³/mol. The summed E-state index contributed by atoms with van der Waals surface area (Å²) in [6.07, 6.45) is 1.05. The third-order valence-corrected chi connectivity index (χ3v) is 4.07. The summed E-state index contributed by atoms with van der Waals surface area (Å²) in [6, 6.07) is 7.79. The molecule has 0 saturated carbocycles. The van der Waals surface area contributed by atoms with Crippen molar-refractivity contribution in [1.82, 2.24) is 15.5 Å². The van der Waals surface area contributed by atoms with Crippen molar-refractivity contribution in [2.24, 2.45) is 10.9 Å². The topological polar surface area (TPSA) is 75.2 Å². The standard InChI is InChI=1S/C18H28N4O3.HI/c1-22(2)17(23)12-21-18(20-11-15-8-9-25-13-15)19-10-14-4-6-16(24-3)7-5-14;/h4-7,15H,8-13H2,1-3H3,(H2,19,20,21);1H. The van der Waals surface area contributed by atoms with Crippen molar-refractivity contribution in [2.75, 3.05) is 47.5 Å². The van der Waals surface area contributed by atoms with E-state index in [4.69, 9.17) is 9.47 Å². The predicted octanol–water partition coefficient (Wildman–Crippen LogP) is 1.47. The summed E-state index contributed by atoms with van der Waals surface area (Å²) >= 11 is 0. The molecule has 0 radical (unpaired) electrons. The molecular formula is C18H29IN4O3. The fraction of sp³-hybridized carbons (Fsp3) is 0.556. The average Bonchev–Trinajstić information content (AvgIpc) is 3.14. The minimum Gasteiger partial charge on any atom is -0.497 e. The Morgan fingerprint density at radius 3 is 2.62 bits per heavy atom. The normalized spacial score (nSPS) is 16.6. The Labute approximate surface area is 172 Å². The zero-order valence-corrected chi connectivity index (χ0v) is 18.0. The van der Waals surface area contributed by atoms with Gasteiger partial charge in [0.25, 0.3) is 0 Å².